The van der Waals surface area contributed by atoms with Crippen LogP contribution in [0.15, 0.2) is 0 Å². The van der Waals surface area contributed by atoms with Crippen molar-refractivity contribution in [3.63, 3.8) is 0 Å². The predicted octanol–water partition coefficient (Wildman–Crippen LogP) is 0.166. The average molecular weight is 246 g/mol. The van der Waals surface area contributed by atoms with Crippen LogP contribution in [0.25, 0.3) is 0 Å². The number of aliphatic hydroxyl groups is 2. The zero-order chi connectivity index (χ0) is 10.2. The molecule has 80 valence electrons. The van der Waals surface area contributed by atoms with Gasteiger partial charge in [-0.25, -0.2) is 0 Å². The number of hydrogen-bond donors (Lipinski definition) is 4. The highest BCUT2D eigenvalue weighted by Crippen LogP contribution is 2.29. The van der Waals surface area contributed by atoms with Crippen LogP contribution in [0, 0.1) is 0 Å². The van der Waals surface area contributed by atoms with Crippen molar-refractivity contribution in [3.8, 4) is 0 Å². The summed E-state index contributed by atoms with van der Waals surface area (Å²) < 4.78 is 8.69. The maximum Gasteiger partial charge on any atom is 0.188 e. The van der Waals surface area contributed by atoms with Gasteiger partial charge in [0.25, 0.3) is 0 Å². The van der Waals surface area contributed by atoms with Gasteiger partial charge < -0.3 is 19.7 Å². The third-order valence-electron chi connectivity index (χ3n) is 1.04. The Bertz CT molecular complexity index is 122. The third-order valence-corrected chi connectivity index (χ3v) is 3.20. The van der Waals surface area contributed by atoms with Gasteiger partial charge in [0.1, 0.15) is 0 Å². The van der Waals surface area contributed by atoms with Gasteiger partial charge in [0.05, 0.1) is 33.0 Å². The summed E-state index contributed by atoms with van der Waals surface area (Å²) in [6, 6.07) is 0. The Morgan fingerprint density at radius 1 is 1.23 bits per heavy atom. The zero-order valence-corrected chi connectivity index (χ0v) is 9.65. The van der Waals surface area contributed by atoms with E-state index in [9.17, 15) is 5.11 Å². The van der Waals surface area contributed by atoms with E-state index >= 15 is 0 Å². The van der Waals surface area contributed by atoms with Crippen LogP contribution in [0.3, 0.4) is 0 Å². The van der Waals surface area contributed by atoms with Crippen molar-refractivity contribution in [2.24, 2.45) is 0 Å². The number of aliphatic hydroxyl groups excluding tert-OH is 1. The van der Waals surface area contributed by atoms with E-state index in [-0.39, 0.29) is 13.2 Å². The molecule has 0 saturated carbocycles. The van der Waals surface area contributed by atoms with Crippen LogP contribution in [0.5, 0.6) is 0 Å². The highest BCUT2D eigenvalue weighted by Gasteiger charge is 2.20. The van der Waals surface area contributed by atoms with Crippen molar-refractivity contribution in [1.29, 1.82) is 0 Å². The van der Waals surface area contributed by atoms with Crippen molar-refractivity contribution in [2.45, 2.75) is 4.27 Å². The molecule has 1 atom stereocenters. The first-order valence-corrected chi connectivity index (χ1v) is 5.97. The zero-order valence-electron chi connectivity index (χ0n) is 7.05. The van der Waals surface area contributed by atoms with Crippen molar-refractivity contribution in [3.05, 3.63) is 0 Å². The molecule has 0 fully saturated rings. The van der Waals surface area contributed by atoms with Crippen molar-refractivity contribution < 1.29 is 19.7 Å². The standard InChI is InChI=1S/C6H14O4S3/c7-1-2-9-3-4-10-5-6(8,11)13-12/h7-8,11-12H,1-5H2. The van der Waals surface area contributed by atoms with Gasteiger partial charge in [-0.2, -0.15) is 0 Å². The largest absolute Gasteiger partial charge is 0.394 e. The summed E-state index contributed by atoms with van der Waals surface area (Å²) in [5.41, 5.74) is 0. The van der Waals surface area contributed by atoms with Gasteiger partial charge in [-0.05, 0) is 10.8 Å². The SMILES string of the molecule is OCCOCCOCC(O)(S)SS. The molecule has 0 heterocycles. The summed E-state index contributed by atoms with van der Waals surface area (Å²) in [5.74, 6) is 0. The molecule has 0 aromatic rings. The normalized spacial score (nSPS) is 15.7. The van der Waals surface area contributed by atoms with Crippen molar-refractivity contribution in [1.82, 2.24) is 0 Å². The Kier molecular flexibility index (Phi) is 8.78. The molecule has 0 saturated heterocycles. The van der Waals surface area contributed by atoms with Gasteiger partial charge in [-0.3, -0.25) is 0 Å². The molecule has 0 spiro atoms. The maximum absolute atomic E-state index is 9.27. The lowest BCUT2D eigenvalue weighted by atomic mass is 10.7. The summed E-state index contributed by atoms with van der Waals surface area (Å²) in [6.45, 7) is 1.13. The van der Waals surface area contributed by atoms with Gasteiger partial charge in [0.15, 0.2) is 4.27 Å². The summed E-state index contributed by atoms with van der Waals surface area (Å²) >= 11 is 7.67. The first-order valence-electron chi connectivity index (χ1n) is 3.66. The summed E-state index contributed by atoms with van der Waals surface area (Å²) in [6.07, 6.45) is 0. The minimum atomic E-state index is -1.26. The van der Waals surface area contributed by atoms with Crippen LogP contribution < -0.4 is 0 Å². The molecule has 0 aliphatic heterocycles. The Labute approximate surface area is 92.2 Å². The second-order valence-corrected chi connectivity index (χ2v) is 4.67. The number of rotatable bonds is 8. The minimum Gasteiger partial charge on any atom is -0.394 e. The second-order valence-electron chi connectivity index (χ2n) is 2.22. The number of hydrogen-bond acceptors (Lipinski definition) is 7. The van der Waals surface area contributed by atoms with Crippen molar-refractivity contribution >= 4 is 35.1 Å². The number of ether oxygens (including phenoxy) is 2. The van der Waals surface area contributed by atoms with Crippen LogP contribution in [-0.4, -0.2) is 47.5 Å². The molecule has 0 aliphatic rings. The fourth-order valence-corrected chi connectivity index (χ4v) is 0.901. The highest BCUT2D eigenvalue weighted by atomic mass is 33.1. The summed E-state index contributed by atoms with van der Waals surface area (Å²) in [4.78, 5) is 0. The monoisotopic (exact) mass is 246 g/mol. The van der Waals surface area contributed by atoms with Crippen LogP contribution in [-0.2, 0) is 9.47 Å². The molecule has 2 N–H and O–H groups in total. The first-order chi connectivity index (χ1) is 6.12. The average Bonchev–Trinajstić information content (AvgIpc) is 2.11. The molecule has 0 aromatic heterocycles. The van der Waals surface area contributed by atoms with Crippen LogP contribution in [0.2, 0.25) is 0 Å². The smallest absolute Gasteiger partial charge is 0.188 e. The Morgan fingerprint density at radius 2 is 1.85 bits per heavy atom. The van der Waals surface area contributed by atoms with Crippen molar-refractivity contribution in [2.75, 3.05) is 33.0 Å². The van der Waals surface area contributed by atoms with E-state index in [4.69, 9.17) is 14.6 Å². The maximum atomic E-state index is 9.27. The summed E-state index contributed by atoms with van der Waals surface area (Å²) in [5, 5.41) is 17.6. The van der Waals surface area contributed by atoms with E-state index in [1.165, 1.54) is 0 Å². The molecular weight excluding hydrogens is 232 g/mol. The third kappa shape index (κ3) is 9.20. The lowest BCUT2D eigenvalue weighted by Gasteiger charge is -2.17. The van der Waals surface area contributed by atoms with Gasteiger partial charge >= 0.3 is 0 Å². The minimum absolute atomic E-state index is 0.00297. The molecule has 0 radical (unpaired) electrons. The Hall–Kier alpha value is 0.890. The predicted molar refractivity (Wildman–Crippen MR) is 59.2 cm³/mol. The molecule has 0 aromatic carbocycles. The van der Waals surface area contributed by atoms with Crippen LogP contribution >= 0.6 is 35.1 Å². The fourth-order valence-electron chi connectivity index (χ4n) is 0.516. The van der Waals surface area contributed by atoms with E-state index < -0.39 is 4.27 Å². The van der Waals surface area contributed by atoms with Crippen LogP contribution in [0.1, 0.15) is 0 Å². The van der Waals surface area contributed by atoms with Crippen LogP contribution in [0.4, 0.5) is 0 Å². The first kappa shape index (κ1) is 13.9. The lowest BCUT2D eigenvalue weighted by Crippen LogP contribution is -2.23. The molecule has 7 heteroatoms. The van der Waals surface area contributed by atoms with E-state index in [1.54, 1.807) is 0 Å². The Morgan fingerprint density at radius 3 is 2.38 bits per heavy atom. The number of thiol groups is 2. The molecule has 4 nitrogen and oxygen atoms in total. The Balaban J connectivity index is 3.16. The van der Waals surface area contributed by atoms with E-state index in [0.717, 1.165) is 10.8 Å². The van der Waals surface area contributed by atoms with Gasteiger partial charge in [0.2, 0.25) is 0 Å². The summed E-state index contributed by atoms with van der Waals surface area (Å²) in [7, 11) is 0.904. The second kappa shape index (κ2) is 8.22. The van der Waals surface area contributed by atoms with E-state index in [0.29, 0.717) is 19.8 Å². The molecule has 1 unspecified atom stereocenters. The topological polar surface area (TPSA) is 58.9 Å². The molecule has 13 heavy (non-hydrogen) atoms. The lowest BCUT2D eigenvalue weighted by molar-refractivity contribution is 0.0110. The fraction of sp³-hybridized carbons (Fsp3) is 1.00. The molecule has 0 rings (SSSR count). The van der Waals surface area contributed by atoms with Gasteiger partial charge in [-0.1, -0.05) is 0 Å². The van der Waals surface area contributed by atoms with Gasteiger partial charge in [0, 0.05) is 0 Å². The van der Waals surface area contributed by atoms with E-state index in [1.807, 2.05) is 0 Å². The quantitative estimate of drug-likeness (QED) is 0.213. The highest BCUT2D eigenvalue weighted by molar-refractivity contribution is 8.70. The molecule has 0 bridgehead atoms. The van der Waals surface area contributed by atoms with E-state index in [2.05, 4.69) is 24.3 Å². The molecule has 0 amide bonds. The molecular formula is C6H14O4S3. The molecule has 0 aliphatic carbocycles. The van der Waals surface area contributed by atoms with Gasteiger partial charge in [-0.15, -0.1) is 24.3 Å².